The summed E-state index contributed by atoms with van der Waals surface area (Å²) >= 11 is 1.48. The number of furan rings is 1. The molecule has 2 rings (SSSR count). The van der Waals surface area contributed by atoms with Crippen LogP contribution in [-0.2, 0) is 18.4 Å². The minimum absolute atomic E-state index is 0.00634. The van der Waals surface area contributed by atoms with Gasteiger partial charge in [0, 0.05) is 23.3 Å². The Morgan fingerprint density at radius 3 is 2.57 bits per heavy atom. The van der Waals surface area contributed by atoms with E-state index in [9.17, 15) is 9.59 Å². The lowest BCUT2D eigenvalue weighted by Crippen LogP contribution is -2.22. The van der Waals surface area contributed by atoms with Gasteiger partial charge in [0.15, 0.2) is 5.76 Å². The molecular weight excluding hydrogens is 316 g/mol. The highest BCUT2D eigenvalue weighted by atomic mass is 32.1. The number of nitrogens with zero attached hydrogens (tertiary/aromatic N) is 1. The number of nitrogens with one attached hydrogen (secondary N) is 1. The first-order valence-electron chi connectivity index (χ1n) is 7.31. The van der Waals surface area contributed by atoms with Crippen LogP contribution in [0.2, 0.25) is 0 Å². The van der Waals surface area contributed by atoms with Gasteiger partial charge in [0.05, 0.1) is 12.2 Å². The van der Waals surface area contributed by atoms with E-state index in [0.717, 1.165) is 10.7 Å². The van der Waals surface area contributed by atoms with Crippen LogP contribution < -0.4 is 5.32 Å². The zero-order valence-corrected chi connectivity index (χ0v) is 14.4. The summed E-state index contributed by atoms with van der Waals surface area (Å²) in [6, 6.07) is 1.26. The number of hydrogen-bond donors (Lipinski definition) is 2. The molecular formula is C16H20N2O4S. The number of thiazole rings is 1. The Morgan fingerprint density at radius 2 is 2.09 bits per heavy atom. The lowest BCUT2D eigenvalue weighted by Gasteiger charge is -2.14. The molecule has 124 valence electrons. The van der Waals surface area contributed by atoms with Crippen LogP contribution in [0.4, 0.5) is 0 Å². The standard InChI is InChI=1S/C16H20N2O4S/c1-5-10-9(15(20)21)6-11(22-10)14(19)17-7-13-18-12(8-23-13)16(2,3)4/h6,8H,5,7H2,1-4H3,(H,17,19)(H,20,21). The number of aromatic nitrogens is 1. The van der Waals surface area contributed by atoms with E-state index in [1.807, 2.05) is 5.38 Å². The number of amides is 1. The first kappa shape index (κ1) is 17.2. The SMILES string of the molecule is CCc1oc(C(=O)NCc2nc(C(C)(C)C)cs2)cc1C(=O)O. The number of hydrogen-bond acceptors (Lipinski definition) is 5. The molecule has 0 aliphatic rings. The van der Waals surface area contributed by atoms with Crippen molar-refractivity contribution in [1.29, 1.82) is 0 Å². The van der Waals surface area contributed by atoms with Crippen LogP contribution in [0.1, 0.15) is 65.1 Å². The van der Waals surface area contributed by atoms with E-state index in [4.69, 9.17) is 9.52 Å². The molecule has 0 aromatic carbocycles. The molecule has 0 bridgehead atoms. The van der Waals surface area contributed by atoms with Crippen LogP contribution in [0.25, 0.3) is 0 Å². The maximum Gasteiger partial charge on any atom is 0.339 e. The van der Waals surface area contributed by atoms with Crippen LogP contribution in [0.3, 0.4) is 0 Å². The molecule has 0 saturated carbocycles. The quantitative estimate of drug-likeness (QED) is 0.874. The Kier molecular flexibility index (Phi) is 4.89. The second kappa shape index (κ2) is 6.54. The molecule has 2 heterocycles. The van der Waals surface area contributed by atoms with E-state index < -0.39 is 11.9 Å². The zero-order valence-electron chi connectivity index (χ0n) is 13.6. The van der Waals surface area contributed by atoms with Gasteiger partial charge in [-0.3, -0.25) is 4.79 Å². The molecule has 2 aromatic rings. The predicted molar refractivity (Wildman–Crippen MR) is 87.0 cm³/mol. The van der Waals surface area contributed by atoms with E-state index in [-0.39, 0.29) is 23.3 Å². The lowest BCUT2D eigenvalue weighted by atomic mass is 9.93. The second-order valence-corrected chi connectivity index (χ2v) is 7.11. The largest absolute Gasteiger partial charge is 0.478 e. The van der Waals surface area contributed by atoms with Crippen LogP contribution in [-0.4, -0.2) is 22.0 Å². The van der Waals surface area contributed by atoms with Crippen molar-refractivity contribution in [3.05, 3.63) is 39.2 Å². The molecule has 0 spiro atoms. The van der Waals surface area contributed by atoms with E-state index in [1.54, 1.807) is 6.92 Å². The van der Waals surface area contributed by atoms with Gasteiger partial charge in [0.1, 0.15) is 16.3 Å². The highest BCUT2D eigenvalue weighted by Gasteiger charge is 2.21. The van der Waals surface area contributed by atoms with Gasteiger partial charge in [-0.1, -0.05) is 27.7 Å². The number of carboxylic acid groups (broad SMARTS) is 1. The van der Waals surface area contributed by atoms with Gasteiger partial charge in [0.25, 0.3) is 5.91 Å². The van der Waals surface area contributed by atoms with Gasteiger partial charge in [0.2, 0.25) is 0 Å². The van der Waals surface area contributed by atoms with Crippen molar-refractivity contribution in [2.45, 2.75) is 46.1 Å². The number of carboxylic acids is 1. The van der Waals surface area contributed by atoms with Crippen molar-refractivity contribution in [2.24, 2.45) is 0 Å². The lowest BCUT2D eigenvalue weighted by molar-refractivity contribution is 0.0694. The van der Waals surface area contributed by atoms with Crippen LogP contribution >= 0.6 is 11.3 Å². The molecule has 2 N–H and O–H groups in total. The molecule has 7 heteroatoms. The Hall–Kier alpha value is -2.15. The molecule has 0 unspecified atom stereocenters. The summed E-state index contributed by atoms with van der Waals surface area (Å²) < 4.78 is 5.33. The number of rotatable bonds is 5. The number of aromatic carboxylic acids is 1. The summed E-state index contributed by atoms with van der Waals surface area (Å²) in [6.07, 6.45) is 0.413. The topological polar surface area (TPSA) is 92.4 Å². The summed E-state index contributed by atoms with van der Waals surface area (Å²) in [5.74, 6) is -1.24. The maximum atomic E-state index is 12.1. The maximum absolute atomic E-state index is 12.1. The zero-order chi connectivity index (χ0) is 17.2. The van der Waals surface area contributed by atoms with Crippen molar-refractivity contribution < 1.29 is 19.1 Å². The Morgan fingerprint density at radius 1 is 1.39 bits per heavy atom. The van der Waals surface area contributed by atoms with Crippen LogP contribution in [0.15, 0.2) is 15.9 Å². The monoisotopic (exact) mass is 336 g/mol. The summed E-state index contributed by atoms with van der Waals surface area (Å²) in [7, 11) is 0. The third-order valence-corrected chi connectivity index (χ3v) is 4.15. The van der Waals surface area contributed by atoms with Gasteiger partial charge < -0.3 is 14.8 Å². The van der Waals surface area contributed by atoms with Gasteiger partial charge >= 0.3 is 5.97 Å². The summed E-state index contributed by atoms with van der Waals surface area (Å²) in [5.41, 5.74) is 0.972. The van der Waals surface area contributed by atoms with Crippen LogP contribution in [0.5, 0.6) is 0 Å². The smallest absolute Gasteiger partial charge is 0.339 e. The fourth-order valence-electron chi connectivity index (χ4n) is 1.96. The second-order valence-electron chi connectivity index (χ2n) is 6.17. The molecule has 23 heavy (non-hydrogen) atoms. The molecule has 0 fully saturated rings. The van der Waals surface area contributed by atoms with Gasteiger partial charge in [-0.2, -0.15) is 0 Å². The Bertz CT molecular complexity index is 725. The van der Waals surface area contributed by atoms with Gasteiger partial charge in [-0.15, -0.1) is 11.3 Å². The molecule has 2 aromatic heterocycles. The van der Waals surface area contributed by atoms with Crippen molar-refractivity contribution in [2.75, 3.05) is 0 Å². The molecule has 0 aliphatic carbocycles. The van der Waals surface area contributed by atoms with Gasteiger partial charge in [-0.05, 0) is 0 Å². The van der Waals surface area contributed by atoms with E-state index >= 15 is 0 Å². The van der Waals surface area contributed by atoms with Crippen molar-refractivity contribution in [3.8, 4) is 0 Å². The average molecular weight is 336 g/mol. The number of carbonyl (C=O) groups excluding carboxylic acids is 1. The third kappa shape index (κ3) is 3.98. The highest BCUT2D eigenvalue weighted by molar-refractivity contribution is 7.09. The summed E-state index contributed by atoms with van der Waals surface area (Å²) in [6.45, 7) is 8.29. The normalized spacial score (nSPS) is 11.5. The van der Waals surface area contributed by atoms with Crippen LogP contribution in [0, 0.1) is 0 Å². The minimum Gasteiger partial charge on any atom is -0.478 e. The van der Waals surface area contributed by atoms with E-state index in [2.05, 4.69) is 31.1 Å². The molecule has 6 nitrogen and oxygen atoms in total. The fourth-order valence-corrected chi connectivity index (χ4v) is 2.92. The minimum atomic E-state index is -1.10. The Balaban J connectivity index is 2.05. The highest BCUT2D eigenvalue weighted by Crippen LogP contribution is 2.24. The van der Waals surface area contributed by atoms with E-state index in [1.165, 1.54) is 17.4 Å². The molecule has 1 amide bonds. The first-order valence-corrected chi connectivity index (χ1v) is 8.19. The number of carbonyl (C=O) groups is 2. The summed E-state index contributed by atoms with van der Waals surface area (Å²) in [4.78, 5) is 27.7. The third-order valence-electron chi connectivity index (χ3n) is 3.30. The Labute approximate surface area is 138 Å². The molecule has 0 saturated heterocycles. The molecule has 0 radical (unpaired) electrons. The first-order chi connectivity index (χ1) is 10.7. The molecule has 0 atom stereocenters. The summed E-state index contributed by atoms with van der Waals surface area (Å²) in [5, 5.41) is 14.6. The van der Waals surface area contributed by atoms with E-state index in [0.29, 0.717) is 12.2 Å². The number of aryl methyl sites for hydroxylation is 1. The van der Waals surface area contributed by atoms with Crippen molar-refractivity contribution >= 4 is 23.2 Å². The van der Waals surface area contributed by atoms with Crippen molar-refractivity contribution in [1.82, 2.24) is 10.3 Å². The van der Waals surface area contributed by atoms with Crippen molar-refractivity contribution in [3.63, 3.8) is 0 Å². The van der Waals surface area contributed by atoms with Gasteiger partial charge in [-0.25, -0.2) is 9.78 Å². The predicted octanol–water partition coefficient (Wildman–Crippen LogP) is 3.22. The fraction of sp³-hybridized carbons (Fsp3) is 0.438. The average Bonchev–Trinajstić information content (AvgIpc) is 3.10. The molecule has 0 aliphatic heterocycles.